The molecule has 0 aliphatic carbocycles. The topological polar surface area (TPSA) is 42.0 Å². The number of rotatable bonds is 8. The summed E-state index contributed by atoms with van der Waals surface area (Å²) in [6.45, 7) is 0.474. The zero-order valence-corrected chi connectivity index (χ0v) is 11.7. The van der Waals surface area contributed by atoms with Crippen LogP contribution >= 0.6 is 11.8 Å². The van der Waals surface area contributed by atoms with E-state index in [2.05, 4.69) is 16.6 Å². The SMILES string of the molecule is CSCCCCCCNC(=O)c1ccnc(F)c1F. The van der Waals surface area contributed by atoms with Gasteiger partial charge in [-0.15, -0.1) is 0 Å². The molecule has 3 nitrogen and oxygen atoms in total. The first-order valence-corrected chi connectivity index (χ1v) is 7.63. The molecule has 1 amide bonds. The summed E-state index contributed by atoms with van der Waals surface area (Å²) < 4.78 is 26.1. The first kappa shape index (κ1) is 15.9. The van der Waals surface area contributed by atoms with Crippen LogP contribution in [-0.2, 0) is 0 Å². The van der Waals surface area contributed by atoms with Crippen LogP contribution in [0.15, 0.2) is 12.3 Å². The molecule has 1 aromatic heterocycles. The Morgan fingerprint density at radius 2 is 2.05 bits per heavy atom. The minimum atomic E-state index is -1.25. The number of hydrogen-bond donors (Lipinski definition) is 1. The third kappa shape index (κ3) is 5.55. The van der Waals surface area contributed by atoms with Gasteiger partial charge in [-0.1, -0.05) is 12.8 Å². The van der Waals surface area contributed by atoms with Crippen molar-refractivity contribution in [1.82, 2.24) is 10.3 Å². The van der Waals surface area contributed by atoms with Crippen LogP contribution in [0.25, 0.3) is 0 Å². The number of pyridine rings is 1. The Labute approximate surface area is 116 Å². The van der Waals surface area contributed by atoms with Crippen LogP contribution in [0.3, 0.4) is 0 Å². The molecule has 0 spiro atoms. The average Bonchev–Trinajstić information content (AvgIpc) is 2.40. The molecule has 0 aliphatic heterocycles. The fraction of sp³-hybridized carbons (Fsp3) is 0.538. The van der Waals surface area contributed by atoms with Crippen molar-refractivity contribution < 1.29 is 13.6 Å². The minimum absolute atomic E-state index is 0.296. The number of nitrogens with one attached hydrogen (secondary N) is 1. The summed E-state index contributed by atoms with van der Waals surface area (Å²) in [6.07, 6.45) is 7.30. The summed E-state index contributed by atoms with van der Waals surface area (Å²) in [4.78, 5) is 14.7. The van der Waals surface area contributed by atoms with Crippen LogP contribution in [0.5, 0.6) is 0 Å². The summed E-state index contributed by atoms with van der Waals surface area (Å²) in [5.41, 5.74) is -0.296. The molecule has 0 aliphatic rings. The molecule has 0 aromatic carbocycles. The first-order chi connectivity index (χ1) is 9.16. The van der Waals surface area contributed by atoms with Crippen molar-refractivity contribution in [3.8, 4) is 0 Å². The molecule has 0 fully saturated rings. The fourth-order valence-corrected chi connectivity index (χ4v) is 2.11. The van der Waals surface area contributed by atoms with Crippen molar-refractivity contribution in [2.24, 2.45) is 0 Å². The number of nitrogens with zero attached hydrogens (tertiary/aromatic N) is 1. The molecule has 106 valence electrons. The smallest absolute Gasteiger partial charge is 0.254 e. The van der Waals surface area contributed by atoms with Crippen molar-refractivity contribution in [2.75, 3.05) is 18.6 Å². The lowest BCUT2D eigenvalue weighted by molar-refractivity contribution is 0.0947. The van der Waals surface area contributed by atoms with E-state index >= 15 is 0 Å². The highest BCUT2D eigenvalue weighted by molar-refractivity contribution is 7.98. The summed E-state index contributed by atoms with van der Waals surface area (Å²) in [6, 6.07) is 1.17. The third-order valence-electron chi connectivity index (χ3n) is 2.65. The van der Waals surface area contributed by atoms with Gasteiger partial charge in [-0.25, -0.2) is 9.37 Å². The quantitative estimate of drug-likeness (QED) is 0.590. The monoisotopic (exact) mass is 288 g/mol. The Morgan fingerprint density at radius 3 is 2.79 bits per heavy atom. The maximum atomic E-state index is 13.3. The maximum absolute atomic E-state index is 13.3. The van der Waals surface area contributed by atoms with Gasteiger partial charge in [-0.3, -0.25) is 4.79 Å². The van der Waals surface area contributed by atoms with Gasteiger partial charge in [0, 0.05) is 12.7 Å². The van der Waals surface area contributed by atoms with E-state index in [1.54, 1.807) is 0 Å². The highest BCUT2D eigenvalue weighted by Gasteiger charge is 2.15. The lowest BCUT2D eigenvalue weighted by Gasteiger charge is -2.06. The normalized spacial score (nSPS) is 10.5. The number of thioether (sulfide) groups is 1. The molecule has 1 aromatic rings. The van der Waals surface area contributed by atoms with E-state index in [9.17, 15) is 13.6 Å². The van der Waals surface area contributed by atoms with Crippen LogP contribution in [0.1, 0.15) is 36.0 Å². The van der Waals surface area contributed by atoms with Crippen LogP contribution in [-0.4, -0.2) is 29.4 Å². The molecule has 0 unspecified atom stereocenters. The standard InChI is InChI=1S/C13H18F2N2OS/c1-19-9-5-3-2-4-7-17-13(18)10-6-8-16-12(15)11(10)14/h6,8H,2-5,7,9H2,1H3,(H,17,18). The second-order valence-corrected chi connectivity index (χ2v) is 5.11. The van der Waals surface area contributed by atoms with E-state index in [4.69, 9.17) is 0 Å². The highest BCUT2D eigenvalue weighted by atomic mass is 32.2. The molecule has 0 saturated carbocycles. The van der Waals surface area contributed by atoms with Crippen LogP contribution in [0, 0.1) is 11.8 Å². The van der Waals surface area contributed by atoms with E-state index in [-0.39, 0.29) is 5.56 Å². The van der Waals surface area contributed by atoms with E-state index < -0.39 is 17.7 Å². The molecule has 0 radical (unpaired) electrons. The van der Waals surface area contributed by atoms with Gasteiger partial charge in [-0.2, -0.15) is 16.2 Å². The molecule has 1 heterocycles. The van der Waals surface area contributed by atoms with Gasteiger partial charge in [-0.05, 0) is 30.9 Å². The molecular formula is C13H18F2N2OS. The van der Waals surface area contributed by atoms with Crippen LogP contribution in [0.4, 0.5) is 8.78 Å². The van der Waals surface area contributed by atoms with Gasteiger partial charge in [0.15, 0.2) is 5.82 Å². The van der Waals surface area contributed by atoms with Gasteiger partial charge < -0.3 is 5.32 Å². The highest BCUT2D eigenvalue weighted by Crippen LogP contribution is 2.09. The molecule has 19 heavy (non-hydrogen) atoms. The number of amides is 1. The number of unbranched alkanes of at least 4 members (excludes halogenated alkanes) is 3. The number of aromatic nitrogens is 1. The zero-order chi connectivity index (χ0) is 14.1. The fourth-order valence-electron chi connectivity index (χ4n) is 1.62. The number of carbonyl (C=O) groups excluding carboxylic acids is 1. The predicted octanol–water partition coefficient (Wildman–Crippen LogP) is 3.01. The van der Waals surface area contributed by atoms with Gasteiger partial charge >= 0.3 is 0 Å². The summed E-state index contributed by atoms with van der Waals surface area (Å²) in [5.74, 6) is -1.89. The van der Waals surface area contributed by atoms with Crippen LogP contribution in [0.2, 0.25) is 0 Å². The molecule has 0 saturated heterocycles. The van der Waals surface area contributed by atoms with Crippen molar-refractivity contribution in [1.29, 1.82) is 0 Å². The van der Waals surface area contributed by atoms with Gasteiger partial charge in [0.05, 0.1) is 5.56 Å². The molecule has 6 heteroatoms. The largest absolute Gasteiger partial charge is 0.352 e. The molecule has 0 bridgehead atoms. The van der Waals surface area contributed by atoms with Crippen molar-refractivity contribution in [3.05, 3.63) is 29.6 Å². The predicted molar refractivity (Wildman–Crippen MR) is 73.3 cm³/mol. The van der Waals surface area contributed by atoms with Gasteiger partial charge in [0.1, 0.15) is 0 Å². The van der Waals surface area contributed by atoms with Crippen LogP contribution < -0.4 is 5.32 Å². The van der Waals surface area contributed by atoms with E-state index in [0.717, 1.165) is 31.2 Å². The summed E-state index contributed by atoms with van der Waals surface area (Å²) >= 11 is 1.82. The Balaban J connectivity index is 2.26. The Hall–Kier alpha value is -1.17. The van der Waals surface area contributed by atoms with Crippen molar-refractivity contribution in [2.45, 2.75) is 25.7 Å². The first-order valence-electron chi connectivity index (χ1n) is 6.24. The minimum Gasteiger partial charge on any atom is -0.352 e. The van der Waals surface area contributed by atoms with Crippen molar-refractivity contribution >= 4 is 17.7 Å². The molecular weight excluding hydrogens is 270 g/mol. The van der Waals surface area contributed by atoms with E-state index in [1.807, 2.05) is 11.8 Å². The lowest BCUT2D eigenvalue weighted by Crippen LogP contribution is -2.25. The number of hydrogen-bond acceptors (Lipinski definition) is 3. The average molecular weight is 288 g/mol. The third-order valence-corrected chi connectivity index (χ3v) is 3.35. The second-order valence-electron chi connectivity index (χ2n) is 4.13. The van der Waals surface area contributed by atoms with Gasteiger partial charge in [0.25, 0.3) is 5.91 Å². The second kappa shape index (κ2) is 8.85. The lowest BCUT2D eigenvalue weighted by atomic mass is 10.2. The van der Waals surface area contributed by atoms with Gasteiger partial charge in [0.2, 0.25) is 5.95 Å². The van der Waals surface area contributed by atoms with E-state index in [1.165, 1.54) is 12.5 Å². The zero-order valence-electron chi connectivity index (χ0n) is 10.9. The van der Waals surface area contributed by atoms with Crippen molar-refractivity contribution in [3.63, 3.8) is 0 Å². The number of halogens is 2. The Bertz CT molecular complexity index is 416. The molecule has 0 atom stereocenters. The Kier molecular flexibility index (Phi) is 7.40. The summed E-state index contributed by atoms with van der Waals surface area (Å²) in [7, 11) is 0. The molecule has 1 rings (SSSR count). The molecule has 1 N–H and O–H groups in total. The Morgan fingerprint density at radius 1 is 1.32 bits per heavy atom. The maximum Gasteiger partial charge on any atom is 0.254 e. The number of carbonyl (C=O) groups is 1. The van der Waals surface area contributed by atoms with E-state index in [0.29, 0.717) is 6.54 Å². The summed E-state index contributed by atoms with van der Waals surface area (Å²) in [5, 5.41) is 2.58.